The van der Waals surface area contributed by atoms with E-state index >= 15 is 0 Å². The molecule has 0 saturated heterocycles. The molecule has 0 aliphatic heterocycles. The molecule has 0 bridgehead atoms. The lowest BCUT2D eigenvalue weighted by atomic mass is 10.1. The number of aromatic nitrogens is 2. The Kier molecular flexibility index (Phi) is 11.8. The molecule has 1 aromatic carbocycles. The predicted octanol–water partition coefficient (Wildman–Crippen LogP) is 3.32. The van der Waals surface area contributed by atoms with Crippen LogP contribution in [0.25, 0.3) is 5.69 Å². The molecule has 2 aromatic rings. The van der Waals surface area contributed by atoms with E-state index in [1.165, 1.54) is 5.56 Å². The van der Waals surface area contributed by atoms with Crippen molar-refractivity contribution >= 4 is 29.9 Å². The summed E-state index contributed by atoms with van der Waals surface area (Å²) in [5.74, 6) is 0.893. The number of hydrogen-bond donors (Lipinski definition) is 2. The van der Waals surface area contributed by atoms with Crippen LogP contribution in [-0.2, 0) is 6.42 Å². The minimum Gasteiger partial charge on any atom is -0.357 e. The van der Waals surface area contributed by atoms with E-state index in [2.05, 4.69) is 72.6 Å². The molecule has 0 aliphatic rings. The van der Waals surface area contributed by atoms with Gasteiger partial charge in [0.1, 0.15) is 0 Å². The highest BCUT2D eigenvalue weighted by molar-refractivity contribution is 14.0. The van der Waals surface area contributed by atoms with Gasteiger partial charge in [-0.25, -0.2) is 4.68 Å². The van der Waals surface area contributed by atoms with Crippen LogP contribution in [0.1, 0.15) is 33.3 Å². The van der Waals surface area contributed by atoms with Gasteiger partial charge in [-0.1, -0.05) is 26.0 Å². The Labute approximate surface area is 186 Å². The largest absolute Gasteiger partial charge is 0.357 e. The highest BCUT2D eigenvalue weighted by Gasteiger charge is 2.09. The molecule has 0 spiro atoms. The summed E-state index contributed by atoms with van der Waals surface area (Å²) in [6.07, 6.45) is 4.70. The lowest BCUT2D eigenvalue weighted by Crippen LogP contribution is -2.40. The molecule has 1 atom stereocenters. The lowest BCUT2D eigenvalue weighted by Gasteiger charge is -2.25. The third-order valence-electron chi connectivity index (χ3n) is 4.70. The molecule has 0 radical (unpaired) electrons. The van der Waals surface area contributed by atoms with Crippen molar-refractivity contribution in [2.75, 3.05) is 32.7 Å². The Hall–Kier alpha value is -1.61. The second kappa shape index (κ2) is 13.5. The number of nitrogens with zero attached hydrogens (tertiary/aromatic N) is 4. The Balaban J connectivity index is 0.00000392. The molecule has 0 saturated carbocycles. The molecule has 28 heavy (non-hydrogen) atoms. The third kappa shape index (κ3) is 7.79. The average molecular weight is 498 g/mol. The first-order chi connectivity index (χ1) is 13.2. The van der Waals surface area contributed by atoms with Crippen LogP contribution in [0.5, 0.6) is 0 Å². The standard InChI is InChI=1S/C21H34N6.HI/c1-5-22-21(24-17-18(4)26(6-2)7-3)23-15-13-19-9-11-20(12-10-19)27-16-8-14-25-27;/h8-12,14,16,18H,5-7,13,15,17H2,1-4H3,(H2,22,23,24);1H. The Morgan fingerprint density at radius 1 is 1.14 bits per heavy atom. The second-order valence-corrected chi connectivity index (χ2v) is 6.58. The summed E-state index contributed by atoms with van der Waals surface area (Å²) in [5.41, 5.74) is 2.38. The van der Waals surface area contributed by atoms with Crippen LogP contribution < -0.4 is 10.6 Å². The molecule has 156 valence electrons. The highest BCUT2D eigenvalue weighted by Crippen LogP contribution is 2.08. The molecule has 2 rings (SSSR count). The summed E-state index contributed by atoms with van der Waals surface area (Å²) < 4.78 is 1.87. The maximum absolute atomic E-state index is 4.75. The van der Waals surface area contributed by atoms with E-state index in [9.17, 15) is 0 Å². The van der Waals surface area contributed by atoms with Crippen LogP contribution >= 0.6 is 24.0 Å². The number of nitrogens with one attached hydrogen (secondary N) is 2. The van der Waals surface area contributed by atoms with Crippen molar-refractivity contribution in [1.29, 1.82) is 0 Å². The molecular formula is C21H35IN6. The zero-order valence-electron chi connectivity index (χ0n) is 17.6. The molecule has 0 fully saturated rings. The van der Waals surface area contributed by atoms with Crippen molar-refractivity contribution in [3.8, 4) is 5.69 Å². The third-order valence-corrected chi connectivity index (χ3v) is 4.70. The minimum absolute atomic E-state index is 0. The van der Waals surface area contributed by atoms with E-state index in [-0.39, 0.29) is 24.0 Å². The number of rotatable bonds is 10. The Bertz CT molecular complexity index is 665. The monoisotopic (exact) mass is 498 g/mol. The molecule has 1 unspecified atom stereocenters. The number of likely N-dealkylation sites (N-methyl/N-ethyl adjacent to an activating group) is 1. The number of guanidine groups is 1. The van der Waals surface area contributed by atoms with Gasteiger partial charge in [0, 0.05) is 31.5 Å². The molecule has 6 nitrogen and oxygen atoms in total. The first kappa shape index (κ1) is 24.4. The van der Waals surface area contributed by atoms with Crippen molar-refractivity contribution in [3.05, 3.63) is 48.3 Å². The van der Waals surface area contributed by atoms with Crippen LogP contribution in [0.2, 0.25) is 0 Å². The van der Waals surface area contributed by atoms with Crippen LogP contribution in [0.15, 0.2) is 47.7 Å². The van der Waals surface area contributed by atoms with Gasteiger partial charge in [-0.2, -0.15) is 5.10 Å². The quantitative estimate of drug-likeness (QED) is 0.300. The molecule has 1 heterocycles. The molecule has 2 N–H and O–H groups in total. The van der Waals surface area contributed by atoms with Crippen LogP contribution in [-0.4, -0.2) is 59.4 Å². The van der Waals surface area contributed by atoms with E-state index < -0.39 is 0 Å². The van der Waals surface area contributed by atoms with Gasteiger partial charge >= 0.3 is 0 Å². The highest BCUT2D eigenvalue weighted by atomic mass is 127. The molecule has 0 amide bonds. The summed E-state index contributed by atoms with van der Waals surface area (Å²) in [4.78, 5) is 7.18. The van der Waals surface area contributed by atoms with Gasteiger partial charge in [0.25, 0.3) is 0 Å². The fourth-order valence-electron chi connectivity index (χ4n) is 3.09. The summed E-state index contributed by atoms with van der Waals surface area (Å²) >= 11 is 0. The number of halogens is 1. The zero-order valence-corrected chi connectivity index (χ0v) is 19.9. The lowest BCUT2D eigenvalue weighted by molar-refractivity contribution is 0.237. The average Bonchev–Trinajstić information content (AvgIpc) is 3.22. The molecule has 1 aromatic heterocycles. The van der Waals surface area contributed by atoms with Gasteiger partial charge in [-0.05, 0) is 57.1 Å². The van der Waals surface area contributed by atoms with Gasteiger partial charge in [0.15, 0.2) is 5.96 Å². The zero-order chi connectivity index (χ0) is 19.5. The maximum Gasteiger partial charge on any atom is 0.191 e. The minimum atomic E-state index is 0. The van der Waals surface area contributed by atoms with Crippen molar-refractivity contribution in [1.82, 2.24) is 25.3 Å². The van der Waals surface area contributed by atoms with Crippen molar-refractivity contribution in [3.63, 3.8) is 0 Å². The summed E-state index contributed by atoms with van der Waals surface area (Å²) in [6.45, 7) is 13.4. The summed E-state index contributed by atoms with van der Waals surface area (Å²) in [6, 6.07) is 10.9. The Morgan fingerprint density at radius 3 is 2.43 bits per heavy atom. The van der Waals surface area contributed by atoms with E-state index in [0.29, 0.717) is 6.04 Å². The van der Waals surface area contributed by atoms with Crippen molar-refractivity contribution in [2.24, 2.45) is 4.99 Å². The first-order valence-corrected chi connectivity index (χ1v) is 10.0. The van der Waals surface area contributed by atoms with Gasteiger partial charge in [0.2, 0.25) is 0 Å². The van der Waals surface area contributed by atoms with Crippen LogP contribution in [0, 0.1) is 0 Å². The second-order valence-electron chi connectivity index (χ2n) is 6.58. The van der Waals surface area contributed by atoms with Crippen LogP contribution in [0.3, 0.4) is 0 Å². The SMILES string of the molecule is CCNC(=NCC(C)N(CC)CC)NCCc1ccc(-n2cccn2)cc1.I. The fourth-order valence-corrected chi connectivity index (χ4v) is 3.09. The van der Waals surface area contributed by atoms with Gasteiger partial charge in [0.05, 0.1) is 12.2 Å². The van der Waals surface area contributed by atoms with Gasteiger partial charge < -0.3 is 10.6 Å². The van der Waals surface area contributed by atoms with E-state index in [1.807, 2.05) is 16.9 Å². The first-order valence-electron chi connectivity index (χ1n) is 10.0. The molecular weight excluding hydrogens is 463 g/mol. The maximum atomic E-state index is 4.75. The summed E-state index contributed by atoms with van der Waals surface area (Å²) in [5, 5.41) is 11.0. The molecule has 7 heteroatoms. The predicted molar refractivity (Wildman–Crippen MR) is 129 cm³/mol. The van der Waals surface area contributed by atoms with Crippen LogP contribution in [0.4, 0.5) is 0 Å². The topological polar surface area (TPSA) is 57.5 Å². The number of aliphatic imine (C=N–C) groups is 1. The number of hydrogen-bond acceptors (Lipinski definition) is 3. The number of benzene rings is 1. The molecule has 0 aliphatic carbocycles. The smallest absolute Gasteiger partial charge is 0.191 e. The van der Waals surface area contributed by atoms with E-state index in [0.717, 1.165) is 50.8 Å². The fraction of sp³-hybridized carbons (Fsp3) is 0.524. The van der Waals surface area contributed by atoms with E-state index in [4.69, 9.17) is 4.99 Å². The van der Waals surface area contributed by atoms with Gasteiger partial charge in [-0.3, -0.25) is 9.89 Å². The normalized spacial score (nSPS) is 12.5. The Morgan fingerprint density at radius 2 is 1.86 bits per heavy atom. The van der Waals surface area contributed by atoms with Crippen molar-refractivity contribution < 1.29 is 0 Å². The van der Waals surface area contributed by atoms with E-state index in [1.54, 1.807) is 6.20 Å². The van der Waals surface area contributed by atoms with Gasteiger partial charge in [-0.15, -0.1) is 24.0 Å². The summed E-state index contributed by atoms with van der Waals surface area (Å²) in [7, 11) is 0. The van der Waals surface area contributed by atoms with Crippen molar-refractivity contribution in [2.45, 2.75) is 40.2 Å².